The van der Waals surface area contributed by atoms with Crippen molar-refractivity contribution >= 4 is 12.0 Å². The highest BCUT2D eigenvalue weighted by Crippen LogP contribution is 2.28. The van der Waals surface area contributed by atoms with Crippen molar-refractivity contribution in [2.24, 2.45) is 5.41 Å². The third-order valence-electron chi connectivity index (χ3n) is 3.23. The van der Waals surface area contributed by atoms with Gasteiger partial charge in [0.2, 0.25) is 5.89 Å². The Kier molecular flexibility index (Phi) is 3.89. The van der Waals surface area contributed by atoms with E-state index in [9.17, 15) is 14.7 Å². The highest BCUT2D eigenvalue weighted by atomic mass is 16.5. The first-order valence-corrected chi connectivity index (χ1v) is 6.06. The van der Waals surface area contributed by atoms with Gasteiger partial charge in [0, 0.05) is 6.92 Å². The SMILES string of the molecule is Cc1nc(CNC(=O)NC2COCC2(C)C(=O)O)no1. The van der Waals surface area contributed by atoms with Crippen LogP contribution in [0.15, 0.2) is 4.52 Å². The highest BCUT2D eigenvalue weighted by Gasteiger charge is 2.47. The number of carbonyl (C=O) groups is 2. The summed E-state index contributed by atoms with van der Waals surface area (Å²) in [5.74, 6) is -0.250. The Morgan fingerprint density at radius 2 is 2.30 bits per heavy atom. The number of hydrogen-bond donors (Lipinski definition) is 3. The molecule has 1 aromatic heterocycles. The molecule has 0 aliphatic carbocycles. The number of carboxylic acid groups (broad SMARTS) is 1. The molecule has 9 heteroatoms. The Balaban J connectivity index is 1.86. The number of nitrogens with one attached hydrogen (secondary N) is 2. The summed E-state index contributed by atoms with van der Waals surface area (Å²) in [6, 6.07) is -1.09. The van der Waals surface area contributed by atoms with Gasteiger partial charge >= 0.3 is 12.0 Å². The second-order valence-electron chi connectivity index (χ2n) is 4.85. The van der Waals surface area contributed by atoms with E-state index in [1.165, 1.54) is 6.92 Å². The number of aryl methyl sites for hydroxylation is 1. The quantitative estimate of drug-likeness (QED) is 0.690. The Bertz CT molecular complexity index is 517. The van der Waals surface area contributed by atoms with Gasteiger partial charge in [0.15, 0.2) is 5.82 Å². The van der Waals surface area contributed by atoms with E-state index in [4.69, 9.17) is 9.26 Å². The number of hydrogen-bond acceptors (Lipinski definition) is 6. The molecule has 1 fully saturated rings. The lowest BCUT2D eigenvalue weighted by atomic mass is 9.85. The summed E-state index contributed by atoms with van der Waals surface area (Å²) < 4.78 is 9.90. The Morgan fingerprint density at radius 1 is 1.55 bits per heavy atom. The average molecular weight is 284 g/mol. The molecule has 1 aliphatic heterocycles. The number of urea groups is 1. The summed E-state index contributed by atoms with van der Waals surface area (Å²) in [5, 5.41) is 17.9. The fourth-order valence-electron chi connectivity index (χ4n) is 1.87. The summed E-state index contributed by atoms with van der Waals surface area (Å²) >= 11 is 0. The summed E-state index contributed by atoms with van der Waals surface area (Å²) in [4.78, 5) is 26.9. The standard InChI is InChI=1S/C11H16N4O5/c1-6-13-8(15-20-6)3-12-10(18)14-7-4-19-5-11(7,2)9(16)17/h7H,3-5H2,1-2H3,(H,16,17)(H2,12,14,18). The number of aromatic nitrogens is 2. The summed E-state index contributed by atoms with van der Waals surface area (Å²) in [6.07, 6.45) is 0. The van der Waals surface area contributed by atoms with Crippen LogP contribution >= 0.6 is 0 Å². The predicted molar refractivity (Wildman–Crippen MR) is 64.8 cm³/mol. The van der Waals surface area contributed by atoms with E-state index in [0.29, 0.717) is 11.7 Å². The number of carboxylic acids is 1. The van der Waals surface area contributed by atoms with Crippen molar-refractivity contribution in [3.8, 4) is 0 Å². The first-order chi connectivity index (χ1) is 9.41. The number of aliphatic carboxylic acids is 1. The van der Waals surface area contributed by atoms with E-state index in [1.54, 1.807) is 6.92 Å². The first kappa shape index (κ1) is 14.3. The minimum atomic E-state index is -1.12. The second kappa shape index (κ2) is 5.45. The van der Waals surface area contributed by atoms with Crippen molar-refractivity contribution in [2.45, 2.75) is 26.4 Å². The maximum absolute atomic E-state index is 11.7. The molecule has 0 spiro atoms. The molecule has 3 N–H and O–H groups in total. The molecule has 1 saturated heterocycles. The van der Waals surface area contributed by atoms with Crippen LogP contribution in [-0.4, -0.2) is 46.5 Å². The van der Waals surface area contributed by atoms with E-state index in [0.717, 1.165) is 0 Å². The molecule has 0 saturated carbocycles. The fourth-order valence-corrected chi connectivity index (χ4v) is 1.87. The van der Waals surface area contributed by atoms with E-state index in [-0.39, 0.29) is 19.8 Å². The van der Waals surface area contributed by atoms with Gasteiger partial charge in [-0.3, -0.25) is 4.79 Å². The lowest BCUT2D eigenvalue weighted by Crippen LogP contribution is -2.52. The summed E-state index contributed by atoms with van der Waals surface area (Å²) in [6.45, 7) is 3.51. The van der Waals surface area contributed by atoms with E-state index >= 15 is 0 Å². The Labute approximate surface area is 114 Å². The van der Waals surface area contributed by atoms with Crippen LogP contribution in [-0.2, 0) is 16.1 Å². The number of carbonyl (C=O) groups excluding carboxylic acids is 1. The van der Waals surface area contributed by atoms with E-state index < -0.39 is 23.5 Å². The van der Waals surface area contributed by atoms with Crippen LogP contribution in [0, 0.1) is 12.3 Å². The minimum Gasteiger partial charge on any atom is -0.481 e. The second-order valence-corrected chi connectivity index (χ2v) is 4.85. The van der Waals surface area contributed by atoms with Crippen molar-refractivity contribution in [3.05, 3.63) is 11.7 Å². The van der Waals surface area contributed by atoms with Crippen molar-refractivity contribution in [2.75, 3.05) is 13.2 Å². The molecule has 20 heavy (non-hydrogen) atoms. The zero-order valence-electron chi connectivity index (χ0n) is 11.2. The molecule has 1 aliphatic rings. The molecule has 1 aromatic rings. The monoisotopic (exact) mass is 284 g/mol. The molecule has 2 atom stereocenters. The van der Waals surface area contributed by atoms with Gasteiger partial charge in [0.25, 0.3) is 0 Å². The maximum Gasteiger partial charge on any atom is 0.315 e. The van der Waals surface area contributed by atoms with Crippen molar-refractivity contribution in [1.29, 1.82) is 0 Å². The minimum absolute atomic E-state index is 0.0668. The molecular weight excluding hydrogens is 268 g/mol. The van der Waals surface area contributed by atoms with E-state index in [2.05, 4.69) is 20.8 Å². The van der Waals surface area contributed by atoms with Gasteiger partial charge in [-0.15, -0.1) is 0 Å². The Hall–Kier alpha value is -2.16. The number of ether oxygens (including phenoxy) is 1. The maximum atomic E-state index is 11.7. The summed E-state index contributed by atoms with van der Waals surface area (Å²) in [7, 11) is 0. The third-order valence-corrected chi connectivity index (χ3v) is 3.23. The zero-order valence-corrected chi connectivity index (χ0v) is 11.2. The predicted octanol–water partition coefficient (Wildman–Crippen LogP) is -0.333. The third kappa shape index (κ3) is 2.87. The van der Waals surface area contributed by atoms with Crippen LogP contribution in [0.5, 0.6) is 0 Å². The fraction of sp³-hybridized carbons (Fsp3) is 0.636. The molecule has 2 unspecified atom stereocenters. The molecule has 110 valence electrons. The van der Waals surface area contributed by atoms with Gasteiger partial charge in [0.05, 0.1) is 25.8 Å². The molecule has 2 heterocycles. The lowest BCUT2D eigenvalue weighted by molar-refractivity contribution is -0.148. The van der Waals surface area contributed by atoms with Gasteiger partial charge in [-0.2, -0.15) is 4.98 Å². The van der Waals surface area contributed by atoms with Crippen LogP contribution < -0.4 is 10.6 Å². The van der Waals surface area contributed by atoms with E-state index in [1.807, 2.05) is 0 Å². The molecule has 0 radical (unpaired) electrons. The van der Waals surface area contributed by atoms with Crippen molar-refractivity contribution in [3.63, 3.8) is 0 Å². The van der Waals surface area contributed by atoms with Gasteiger partial charge in [-0.1, -0.05) is 5.16 Å². The highest BCUT2D eigenvalue weighted by molar-refractivity contribution is 5.79. The van der Waals surface area contributed by atoms with Crippen LogP contribution in [0.1, 0.15) is 18.6 Å². The average Bonchev–Trinajstić information content (AvgIpc) is 2.95. The van der Waals surface area contributed by atoms with Crippen LogP contribution in [0.2, 0.25) is 0 Å². The van der Waals surface area contributed by atoms with Crippen LogP contribution in [0.4, 0.5) is 4.79 Å². The normalized spacial score (nSPS) is 25.4. The molecule has 2 rings (SSSR count). The molecule has 2 amide bonds. The van der Waals surface area contributed by atoms with Gasteiger partial charge in [-0.25, -0.2) is 4.79 Å². The largest absolute Gasteiger partial charge is 0.481 e. The molecule has 9 nitrogen and oxygen atoms in total. The topological polar surface area (TPSA) is 127 Å². The number of amides is 2. The Morgan fingerprint density at radius 3 is 2.90 bits per heavy atom. The van der Waals surface area contributed by atoms with Crippen LogP contribution in [0.3, 0.4) is 0 Å². The van der Waals surface area contributed by atoms with Crippen LogP contribution in [0.25, 0.3) is 0 Å². The molecular formula is C11H16N4O5. The number of rotatable bonds is 4. The molecule has 0 aromatic carbocycles. The van der Waals surface area contributed by atoms with Gasteiger partial charge < -0.3 is 25.0 Å². The molecule has 0 bridgehead atoms. The number of nitrogens with zero attached hydrogens (tertiary/aromatic N) is 2. The summed E-state index contributed by atoms with van der Waals surface area (Å²) in [5.41, 5.74) is -1.12. The first-order valence-electron chi connectivity index (χ1n) is 6.06. The van der Waals surface area contributed by atoms with Gasteiger partial charge in [-0.05, 0) is 6.92 Å². The van der Waals surface area contributed by atoms with Gasteiger partial charge in [0.1, 0.15) is 5.41 Å². The van der Waals surface area contributed by atoms with Crippen molar-refractivity contribution in [1.82, 2.24) is 20.8 Å². The lowest BCUT2D eigenvalue weighted by Gasteiger charge is -2.25. The smallest absolute Gasteiger partial charge is 0.315 e. The van der Waals surface area contributed by atoms with Crippen molar-refractivity contribution < 1.29 is 24.0 Å². The zero-order chi connectivity index (χ0) is 14.8.